The van der Waals surface area contributed by atoms with Crippen LogP contribution in [0.15, 0.2) is 23.4 Å². The molecule has 1 saturated carbocycles. The van der Waals surface area contributed by atoms with E-state index in [2.05, 4.69) is 10.3 Å². The summed E-state index contributed by atoms with van der Waals surface area (Å²) >= 11 is 0. The zero-order chi connectivity index (χ0) is 14.6. The molecule has 1 aromatic rings. The van der Waals surface area contributed by atoms with E-state index in [1.54, 1.807) is 12.3 Å². The van der Waals surface area contributed by atoms with E-state index < -0.39 is 10.0 Å². The van der Waals surface area contributed by atoms with Crippen molar-refractivity contribution in [2.75, 3.05) is 19.6 Å². The molecule has 20 heavy (non-hydrogen) atoms. The minimum atomic E-state index is -3.44. The second kappa shape index (κ2) is 6.65. The molecule has 0 amide bonds. The van der Waals surface area contributed by atoms with Crippen LogP contribution in [0.3, 0.4) is 0 Å². The monoisotopic (exact) mass is 297 g/mol. The third-order valence-corrected chi connectivity index (χ3v) is 5.35. The van der Waals surface area contributed by atoms with Gasteiger partial charge in [0.05, 0.1) is 0 Å². The minimum absolute atomic E-state index is 0.153. The molecule has 1 aromatic heterocycles. The SMILES string of the molecule is CCNCc1ccc(S(=O)(=O)N(CC)CC2CC2)nc1. The molecule has 0 aromatic carbocycles. The van der Waals surface area contributed by atoms with E-state index in [0.717, 1.165) is 24.9 Å². The van der Waals surface area contributed by atoms with Crippen LogP contribution >= 0.6 is 0 Å². The summed E-state index contributed by atoms with van der Waals surface area (Å²) in [6, 6.07) is 3.44. The molecule has 5 nitrogen and oxygen atoms in total. The van der Waals surface area contributed by atoms with Crippen LogP contribution in [0.4, 0.5) is 0 Å². The fraction of sp³-hybridized carbons (Fsp3) is 0.643. The Morgan fingerprint density at radius 3 is 2.60 bits per heavy atom. The Balaban J connectivity index is 2.10. The normalized spacial score (nSPS) is 15.8. The first-order chi connectivity index (χ1) is 9.57. The lowest BCUT2D eigenvalue weighted by Gasteiger charge is -2.19. The molecule has 1 heterocycles. The zero-order valence-corrected chi connectivity index (χ0v) is 13.0. The van der Waals surface area contributed by atoms with Crippen molar-refractivity contribution in [3.05, 3.63) is 23.9 Å². The summed E-state index contributed by atoms with van der Waals surface area (Å²) in [4.78, 5) is 4.13. The Kier molecular flexibility index (Phi) is 5.12. The number of sulfonamides is 1. The summed E-state index contributed by atoms with van der Waals surface area (Å²) in [6.45, 7) is 6.62. The third-order valence-electron chi connectivity index (χ3n) is 3.49. The van der Waals surface area contributed by atoms with Crippen LogP contribution < -0.4 is 5.32 Å². The molecular formula is C14H23N3O2S. The maximum atomic E-state index is 12.5. The van der Waals surface area contributed by atoms with Crippen LogP contribution in [0, 0.1) is 5.92 Å². The van der Waals surface area contributed by atoms with Gasteiger partial charge in [-0.1, -0.05) is 19.9 Å². The molecule has 0 atom stereocenters. The molecular weight excluding hydrogens is 274 g/mol. The molecule has 6 heteroatoms. The highest BCUT2D eigenvalue weighted by molar-refractivity contribution is 7.89. The summed E-state index contributed by atoms with van der Waals surface area (Å²) in [5, 5.41) is 3.34. The highest BCUT2D eigenvalue weighted by atomic mass is 32.2. The van der Waals surface area contributed by atoms with E-state index in [1.165, 1.54) is 4.31 Å². The van der Waals surface area contributed by atoms with E-state index in [9.17, 15) is 8.42 Å². The second-order valence-electron chi connectivity index (χ2n) is 5.18. The smallest absolute Gasteiger partial charge is 0.260 e. The molecule has 1 fully saturated rings. The Hall–Kier alpha value is -0.980. The molecule has 0 aliphatic heterocycles. The molecule has 0 unspecified atom stereocenters. The Labute approximate surface area is 121 Å². The summed E-state index contributed by atoms with van der Waals surface area (Å²) in [7, 11) is -3.44. The number of nitrogens with one attached hydrogen (secondary N) is 1. The zero-order valence-electron chi connectivity index (χ0n) is 12.2. The fourth-order valence-electron chi connectivity index (χ4n) is 2.06. The first-order valence-corrected chi connectivity index (χ1v) is 8.67. The molecule has 1 aliphatic rings. The quantitative estimate of drug-likeness (QED) is 0.792. The maximum Gasteiger partial charge on any atom is 0.260 e. The number of nitrogens with zero attached hydrogens (tertiary/aromatic N) is 2. The van der Waals surface area contributed by atoms with Gasteiger partial charge in [-0.3, -0.25) is 0 Å². The molecule has 112 valence electrons. The van der Waals surface area contributed by atoms with Gasteiger partial charge in [-0.2, -0.15) is 4.31 Å². The van der Waals surface area contributed by atoms with E-state index in [0.29, 0.717) is 25.6 Å². The van der Waals surface area contributed by atoms with Crippen molar-refractivity contribution in [2.45, 2.75) is 38.3 Å². The van der Waals surface area contributed by atoms with Gasteiger partial charge < -0.3 is 5.32 Å². The third kappa shape index (κ3) is 3.77. The van der Waals surface area contributed by atoms with Gasteiger partial charge in [0.25, 0.3) is 10.0 Å². The highest BCUT2D eigenvalue weighted by Crippen LogP contribution is 2.31. The van der Waals surface area contributed by atoms with Crippen molar-refractivity contribution in [3.63, 3.8) is 0 Å². The number of rotatable bonds is 8. The molecule has 0 spiro atoms. The first-order valence-electron chi connectivity index (χ1n) is 7.23. The first kappa shape index (κ1) is 15.4. The molecule has 0 bridgehead atoms. The van der Waals surface area contributed by atoms with E-state index >= 15 is 0 Å². The van der Waals surface area contributed by atoms with Crippen molar-refractivity contribution < 1.29 is 8.42 Å². The van der Waals surface area contributed by atoms with E-state index in [-0.39, 0.29) is 5.03 Å². The van der Waals surface area contributed by atoms with Crippen molar-refractivity contribution in [1.82, 2.24) is 14.6 Å². The lowest BCUT2D eigenvalue weighted by Crippen LogP contribution is -2.33. The number of aromatic nitrogens is 1. The molecule has 1 aliphatic carbocycles. The molecule has 2 rings (SSSR count). The Bertz CT molecular complexity index is 524. The van der Waals surface area contributed by atoms with Crippen LogP contribution in [-0.4, -0.2) is 37.3 Å². The summed E-state index contributed by atoms with van der Waals surface area (Å²) in [6.07, 6.45) is 3.92. The topological polar surface area (TPSA) is 62.3 Å². The van der Waals surface area contributed by atoms with Gasteiger partial charge in [0.15, 0.2) is 5.03 Å². The van der Waals surface area contributed by atoms with Crippen LogP contribution in [-0.2, 0) is 16.6 Å². The van der Waals surface area contributed by atoms with Crippen molar-refractivity contribution in [1.29, 1.82) is 0 Å². The standard InChI is InChI=1S/C14H23N3O2S/c1-3-15-9-13-7-8-14(16-10-13)20(18,19)17(4-2)11-12-5-6-12/h7-8,10,12,15H,3-6,9,11H2,1-2H3. The van der Waals surface area contributed by atoms with Crippen LogP contribution in [0.2, 0.25) is 0 Å². The summed E-state index contributed by atoms with van der Waals surface area (Å²) in [5.74, 6) is 0.540. The van der Waals surface area contributed by atoms with Gasteiger partial charge in [-0.05, 0) is 36.9 Å². The van der Waals surface area contributed by atoms with Gasteiger partial charge in [-0.25, -0.2) is 13.4 Å². The Morgan fingerprint density at radius 2 is 2.10 bits per heavy atom. The van der Waals surface area contributed by atoms with E-state index in [4.69, 9.17) is 0 Å². The van der Waals surface area contributed by atoms with Crippen molar-refractivity contribution in [3.8, 4) is 0 Å². The lowest BCUT2D eigenvalue weighted by molar-refractivity contribution is 0.410. The van der Waals surface area contributed by atoms with Gasteiger partial charge >= 0.3 is 0 Å². The largest absolute Gasteiger partial charge is 0.313 e. The minimum Gasteiger partial charge on any atom is -0.313 e. The van der Waals surface area contributed by atoms with Gasteiger partial charge in [0.2, 0.25) is 0 Å². The maximum absolute atomic E-state index is 12.5. The van der Waals surface area contributed by atoms with Crippen molar-refractivity contribution in [2.24, 2.45) is 5.92 Å². The predicted molar refractivity (Wildman–Crippen MR) is 78.8 cm³/mol. The Morgan fingerprint density at radius 1 is 1.35 bits per heavy atom. The molecule has 1 N–H and O–H groups in total. The van der Waals surface area contributed by atoms with Gasteiger partial charge in [0.1, 0.15) is 0 Å². The lowest BCUT2D eigenvalue weighted by atomic mass is 10.3. The average Bonchev–Trinajstić information content (AvgIpc) is 3.26. The molecule has 0 saturated heterocycles. The van der Waals surface area contributed by atoms with Gasteiger partial charge in [-0.15, -0.1) is 0 Å². The second-order valence-corrected chi connectivity index (χ2v) is 7.07. The number of hydrogen-bond donors (Lipinski definition) is 1. The summed E-state index contributed by atoms with van der Waals surface area (Å²) < 4.78 is 26.5. The number of pyridine rings is 1. The van der Waals surface area contributed by atoms with Crippen molar-refractivity contribution >= 4 is 10.0 Å². The highest BCUT2D eigenvalue weighted by Gasteiger charge is 2.31. The average molecular weight is 297 g/mol. The fourth-order valence-corrected chi connectivity index (χ4v) is 3.49. The van der Waals surface area contributed by atoms with Gasteiger partial charge in [0, 0.05) is 25.8 Å². The molecule has 0 radical (unpaired) electrons. The number of hydrogen-bond acceptors (Lipinski definition) is 4. The summed E-state index contributed by atoms with van der Waals surface area (Å²) in [5.41, 5.74) is 0.996. The van der Waals surface area contributed by atoms with Crippen LogP contribution in [0.5, 0.6) is 0 Å². The van der Waals surface area contributed by atoms with E-state index in [1.807, 2.05) is 19.9 Å². The van der Waals surface area contributed by atoms with Crippen LogP contribution in [0.1, 0.15) is 32.3 Å². The van der Waals surface area contributed by atoms with Crippen LogP contribution in [0.25, 0.3) is 0 Å². The predicted octanol–water partition coefficient (Wildman–Crippen LogP) is 1.61.